The molecule has 6 heteroatoms. The molecule has 0 aliphatic carbocycles. The average Bonchev–Trinajstić information content (AvgIpc) is 3.43. The Morgan fingerprint density at radius 2 is 2.00 bits per heavy atom. The zero-order chi connectivity index (χ0) is 20.8. The molecule has 2 aliphatic rings. The minimum atomic E-state index is -0.0891. The van der Waals surface area contributed by atoms with Gasteiger partial charge in [-0.2, -0.15) is 0 Å². The van der Waals surface area contributed by atoms with Crippen LogP contribution < -0.4 is 0 Å². The van der Waals surface area contributed by atoms with Crippen LogP contribution in [-0.2, 0) is 24.4 Å². The van der Waals surface area contributed by atoms with Gasteiger partial charge in [0.15, 0.2) is 0 Å². The van der Waals surface area contributed by atoms with E-state index in [0.29, 0.717) is 18.6 Å². The first-order valence-electron chi connectivity index (χ1n) is 11.5. The second-order valence-corrected chi connectivity index (χ2v) is 8.77. The lowest BCUT2D eigenvalue weighted by molar-refractivity contribution is 0.0555. The molecule has 30 heavy (non-hydrogen) atoms. The summed E-state index contributed by atoms with van der Waals surface area (Å²) in [5, 5.41) is 0. The number of rotatable bonds is 9. The van der Waals surface area contributed by atoms with Crippen LogP contribution in [0.2, 0.25) is 0 Å². The number of nitrogens with zero attached hydrogens (tertiary/aromatic N) is 4. The van der Waals surface area contributed by atoms with Gasteiger partial charge in [0.25, 0.3) is 0 Å². The number of hydrogen-bond acceptors (Lipinski definition) is 4. The summed E-state index contributed by atoms with van der Waals surface area (Å²) >= 11 is 0. The van der Waals surface area contributed by atoms with Crippen molar-refractivity contribution >= 4 is 0 Å². The molecule has 0 saturated carbocycles. The quantitative estimate of drug-likeness (QED) is 0.622. The SMILES string of the molecule is CCn1ccnc1CN(CC1CCN(Cc2ccccc2F)CC1)C[C@H]1CCCO1. The van der Waals surface area contributed by atoms with Gasteiger partial charge in [0, 0.05) is 50.7 Å². The van der Waals surface area contributed by atoms with Crippen LogP contribution in [0.5, 0.6) is 0 Å². The molecule has 0 bridgehead atoms. The molecule has 3 heterocycles. The molecule has 0 spiro atoms. The Balaban J connectivity index is 1.32. The van der Waals surface area contributed by atoms with E-state index in [1.54, 1.807) is 12.1 Å². The number of benzene rings is 1. The van der Waals surface area contributed by atoms with Crippen LogP contribution in [-0.4, -0.2) is 58.2 Å². The number of hydrogen-bond donors (Lipinski definition) is 0. The molecule has 5 nitrogen and oxygen atoms in total. The molecule has 0 radical (unpaired) electrons. The van der Waals surface area contributed by atoms with Crippen LogP contribution in [0.1, 0.15) is 44.0 Å². The zero-order valence-electron chi connectivity index (χ0n) is 18.2. The average molecular weight is 415 g/mol. The van der Waals surface area contributed by atoms with E-state index in [1.807, 2.05) is 18.3 Å². The molecule has 1 atom stereocenters. The molecule has 2 aliphatic heterocycles. The minimum Gasteiger partial charge on any atom is -0.377 e. The second kappa shape index (κ2) is 10.5. The summed E-state index contributed by atoms with van der Waals surface area (Å²) in [6.07, 6.45) is 9.01. The lowest BCUT2D eigenvalue weighted by Crippen LogP contribution is -2.41. The molecule has 0 amide bonds. The number of ether oxygens (including phenoxy) is 1. The Labute approximate surface area is 179 Å². The molecule has 1 aromatic carbocycles. The first-order valence-corrected chi connectivity index (χ1v) is 11.5. The smallest absolute Gasteiger partial charge is 0.127 e. The molecule has 4 rings (SSSR count). The summed E-state index contributed by atoms with van der Waals surface area (Å²) in [5.74, 6) is 1.73. The van der Waals surface area contributed by atoms with Gasteiger partial charge < -0.3 is 9.30 Å². The third-order valence-electron chi connectivity index (χ3n) is 6.57. The Bertz CT molecular complexity index is 781. The van der Waals surface area contributed by atoms with Crippen molar-refractivity contribution in [2.75, 3.05) is 32.8 Å². The summed E-state index contributed by atoms with van der Waals surface area (Å²) in [6.45, 7) is 9.78. The van der Waals surface area contributed by atoms with Crippen LogP contribution >= 0.6 is 0 Å². The maximum atomic E-state index is 14.0. The predicted octanol–water partition coefficient (Wildman–Crippen LogP) is 3.94. The van der Waals surface area contributed by atoms with E-state index in [9.17, 15) is 4.39 Å². The maximum absolute atomic E-state index is 14.0. The summed E-state index contributed by atoms with van der Waals surface area (Å²) in [7, 11) is 0. The number of piperidine rings is 1. The largest absolute Gasteiger partial charge is 0.377 e. The third kappa shape index (κ3) is 5.68. The van der Waals surface area contributed by atoms with Gasteiger partial charge >= 0.3 is 0 Å². The van der Waals surface area contributed by atoms with Crippen molar-refractivity contribution in [3.8, 4) is 0 Å². The van der Waals surface area contributed by atoms with Crippen molar-refractivity contribution < 1.29 is 9.13 Å². The lowest BCUT2D eigenvalue weighted by atomic mass is 9.95. The number of imidazole rings is 1. The van der Waals surface area contributed by atoms with E-state index in [1.165, 1.54) is 25.7 Å². The number of aromatic nitrogens is 2. The molecule has 164 valence electrons. The summed E-state index contributed by atoms with van der Waals surface area (Å²) in [6, 6.07) is 7.15. The van der Waals surface area contributed by atoms with Crippen LogP contribution in [0.4, 0.5) is 4.39 Å². The fraction of sp³-hybridized carbons (Fsp3) is 0.625. The molecule has 2 saturated heterocycles. The van der Waals surface area contributed by atoms with Gasteiger partial charge in [-0.1, -0.05) is 18.2 Å². The Morgan fingerprint density at radius 3 is 2.73 bits per heavy atom. The summed E-state index contributed by atoms with van der Waals surface area (Å²) in [5.41, 5.74) is 0.808. The Hall–Kier alpha value is -1.76. The van der Waals surface area contributed by atoms with Gasteiger partial charge in [-0.3, -0.25) is 9.80 Å². The summed E-state index contributed by atoms with van der Waals surface area (Å²) in [4.78, 5) is 9.55. The maximum Gasteiger partial charge on any atom is 0.127 e. The van der Waals surface area contributed by atoms with Crippen LogP contribution in [0.25, 0.3) is 0 Å². The monoisotopic (exact) mass is 414 g/mol. The lowest BCUT2D eigenvalue weighted by Gasteiger charge is -2.35. The fourth-order valence-electron chi connectivity index (χ4n) is 4.82. The summed E-state index contributed by atoms with van der Waals surface area (Å²) < 4.78 is 22.1. The Kier molecular flexibility index (Phi) is 7.52. The predicted molar refractivity (Wildman–Crippen MR) is 117 cm³/mol. The van der Waals surface area contributed by atoms with E-state index in [4.69, 9.17) is 4.74 Å². The molecular weight excluding hydrogens is 379 g/mol. The molecule has 2 aromatic rings. The van der Waals surface area contributed by atoms with Gasteiger partial charge in [-0.25, -0.2) is 9.37 Å². The minimum absolute atomic E-state index is 0.0891. The topological polar surface area (TPSA) is 33.5 Å². The highest BCUT2D eigenvalue weighted by Crippen LogP contribution is 2.23. The van der Waals surface area contributed by atoms with Crippen molar-refractivity contribution in [1.82, 2.24) is 19.4 Å². The van der Waals surface area contributed by atoms with E-state index in [2.05, 4.69) is 32.5 Å². The fourth-order valence-corrected chi connectivity index (χ4v) is 4.82. The van der Waals surface area contributed by atoms with Crippen LogP contribution in [0.15, 0.2) is 36.7 Å². The first-order chi connectivity index (χ1) is 14.7. The van der Waals surface area contributed by atoms with Crippen molar-refractivity contribution in [2.24, 2.45) is 5.92 Å². The highest BCUT2D eigenvalue weighted by atomic mass is 19.1. The van der Waals surface area contributed by atoms with Crippen molar-refractivity contribution in [3.05, 3.63) is 53.9 Å². The second-order valence-electron chi connectivity index (χ2n) is 8.77. The molecule has 1 aromatic heterocycles. The van der Waals surface area contributed by atoms with Gasteiger partial charge in [0.2, 0.25) is 0 Å². The van der Waals surface area contributed by atoms with Gasteiger partial charge in [-0.15, -0.1) is 0 Å². The molecule has 0 N–H and O–H groups in total. The van der Waals surface area contributed by atoms with Gasteiger partial charge in [0.05, 0.1) is 12.6 Å². The first kappa shape index (κ1) is 21.5. The zero-order valence-corrected chi connectivity index (χ0v) is 18.2. The normalized spacial score (nSPS) is 21.0. The third-order valence-corrected chi connectivity index (χ3v) is 6.57. The van der Waals surface area contributed by atoms with Crippen molar-refractivity contribution in [1.29, 1.82) is 0 Å². The number of likely N-dealkylation sites (tertiary alicyclic amines) is 1. The molecular formula is C24H35FN4O. The highest BCUT2D eigenvalue weighted by molar-refractivity contribution is 5.17. The van der Waals surface area contributed by atoms with Crippen molar-refractivity contribution in [2.45, 2.75) is 58.3 Å². The van der Waals surface area contributed by atoms with Crippen molar-refractivity contribution in [3.63, 3.8) is 0 Å². The van der Waals surface area contributed by atoms with E-state index < -0.39 is 0 Å². The Morgan fingerprint density at radius 1 is 1.17 bits per heavy atom. The van der Waals surface area contributed by atoms with Gasteiger partial charge in [-0.05, 0) is 57.7 Å². The molecule has 2 fully saturated rings. The standard InChI is InChI=1S/C24H35FN4O/c1-2-29-14-11-26-24(29)19-28(18-22-7-5-15-30-22)16-20-9-12-27(13-10-20)17-21-6-3-4-8-23(21)25/h3-4,6,8,11,14,20,22H,2,5,7,9-10,12-13,15-19H2,1H3/t22-/m1/s1. The number of aryl methyl sites for hydroxylation is 1. The van der Waals surface area contributed by atoms with Crippen LogP contribution in [0, 0.1) is 11.7 Å². The number of halogens is 1. The van der Waals surface area contributed by atoms with Gasteiger partial charge in [0.1, 0.15) is 11.6 Å². The van der Waals surface area contributed by atoms with Crippen LogP contribution in [0.3, 0.4) is 0 Å². The molecule has 0 unspecified atom stereocenters. The van der Waals surface area contributed by atoms with E-state index in [0.717, 1.165) is 57.3 Å². The highest BCUT2D eigenvalue weighted by Gasteiger charge is 2.25. The van der Waals surface area contributed by atoms with E-state index in [-0.39, 0.29) is 5.82 Å². The van der Waals surface area contributed by atoms with E-state index >= 15 is 0 Å².